The van der Waals surface area contributed by atoms with Crippen LogP contribution in [0.1, 0.15) is 19.2 Å². The lowest BCUT2D eigenvalue weighted by molar-refractivity contribution is -0.137. The van der Waals surface area contributed by atoms with Gasteiger partial charge in [-0.15, -0.1) is 10.2 Å². The van der Waals surface area contributed by atoms with Gasteiger partial charge in [-0.1, -0.05) is 22.9 Å². The summed E-state index contributed by atoms with van der Waals surface area (Å²) in [5.74, 6) is 0.0545. The average molecular weight is 451 g/mol. The number of benzene rings is 1. The second-order valence-corrected chi connectivity index (χ2v) is 6.61. The van der Waals surface area contributed by atoms with Crippen molar-refractivity contribution in [3.05, 3.63) is 32.1 Å². The molecule has 0 aliphatic heterocycles. The van der Waals surface area contributed by atoms with Gasteiger partial charge in [-0.2, -0.15) is 0 Å². The van der Waals surface area contributed by atoms with Crippen molar-refractivity contribution in [2.75, 3.05) is 0 Å². The van der Waals surface area contributed by atoms with Crippen molar-refractivity contribution in [1.82, 2.24) is 10.2 Å². The molecule has 20 heavy (non-hydrogen) atoms. The molecule has 2 aromatic rings. The molecule has 1 aromatic carbocycles. The summed E-state index contributed by atoms with van der Waals surface area (Å²) in [6.07, 6.45) is 0.552. The van der Waals surface area contributed by atoms with Gasteiger partial charge < -0.3 is 9.52 Å². The van der Waals surface area contributed by atoms with Crippen LogP contribution in [0.15, 0.2) is 27.1 Å². The number of carbonyl (C=O) groups is 1. The van der Waals surface area contributed by atoms with Crippen LogP contribution in [-0.4, -0.2) is 21.3 Å². The maximum absolute atomic E-state index is 10.6. The molecule has 1 atom stereocenters. The predicted octanol–water partition coefficient (Wildman–Crippen LogP) is 3.76. The lowest BCUT2D eigenvalue weighted by Gasteiger charge is -2.04. The molecule has 0 spiro atoms. The van der Waals surface area contributed by atoms with Crippen LogP contribution >= 0.6 is 38.5 Å². The van der Waals surface area contributed by atoms with Crippen LogP contribution in [0.2, 0.25) is 0 Å². The highest BCUT2D eigenvalue weighted by atomic mass is 127. The molecule has 1 unspecified atom stereocenters. The van der Waals surface area contributed by atoms with Crippen molar-refractivity contribution in [2.24, 2.45) is 5.92 Å². The molecule has 0 radical (unpaired) electrons. The molecule has 0 amide bonds. The molecule has 0 bridgehead atoms. The number of rotatable bonds is 5. The number of halogens is 2. The van der Waals surface area contributed by atoms with Crippen LogP contribution < -0.4 is 0 Å². The third-order valence-electron chi connectivity index (χ3n) is 2.67. The van der Waals surface area contributed by atoms with E-state index in [9.17, 15) is 4.79 Å². The van der Waals surface area contributed by atoms with Crippen LogP contribution in [0, 0.1) is 9.49 Å². The highest BCUT2D eigenvalue weighted by Gasteiger charge is 2.15. The van der Waals surface area contributed by atoms with Crippen LogP contribution in [0.25, 0.3) is 11.5 Å². The third kappa shape index (κ3) is 4.02. The monoisotopic (exact) mass is 450 g/mol. The smallest absolute Gasteiger partial charge is 0.303 e. The highest BCUT2D eigenvalue weighted by Crippen LogP contribution is 2.27. The van der Waals surface area contributed by atoms with Gasteiger partial charge in [-0.05, 0) is 46.7 Å². The molecule has 1 N–H and O–H groups in total. The van der Waals surface area contributed by atoms with E-state index < -0.39 is 5.97 Å². The van der Waals surface area contributed by atoms with Gasteiger partial charge in [0, 0.05) is 20.9 Å². The predicted molar refractivity (Wildman–Crippen MR) is 85.3 cm³/mol. The summed E-state index contributed by atoms with van der Waals surface area (Å²) in [5.41, 5.74) is 0.865. The van der Waals surface area contributed by atoms with Crippen LogP contribution in [0.3, 0.4) is 0 Å². The molecule has 0 aliphatic rings. The van der Waals surface area contributed by atoms with E-state index in [0.29, 0.717) is 18.2 Å². The van der Waals surface area contributed by atoms with E-state index in [1.54, 1.807) is 0 Å². The fourth-order valence-corrected chi connectivity index (χ4v) is 2.70. The first-order valence-electron chi connectivity index (χ1n) is 5.95. The van der Waals surface area contributed by atoms with Gasteiger partial charge in [0.15, 0.2) is 0 Å². The Morgan fingerprint density at radius 2 is 2.25 bits per heavy atom. The maximum Gasteiger partial charge on any atom is 0.303 e. The Hall–Kier alpha value is -0.960. The SMILES string of the molecule is CC(CC(=O)O)Cc1nnc(-c2cc(Br)ccc2I)o1. The molecule has 0 saturated carbocycles. The van der Waals surface area contributed by atoms with Gasteiger partial charge >= 0.3 is 5.97 Å². The minimum absolute atomic E-state index is 0.0395. The number of nitrogens with zero attached hydrogens (tertiary/aromatic N) is 2. The lowest BCUT2D eigenvalue weighted by atomic mass is 10.0. The second-order valence-electron chi connectivity index (χ2n) is 4.53. The Balaban J connectivity index is 2.16. The van der Waals surface area contributed by atoms with Gasteiger partial charge in [0.25, 0.3) is 0 Å². The number of carboxylic acids is 1. The zero-order chi connectivity index (χ0) is 14.7. The topological polar surface area (TPSA) is 76.2 Å². The van der Waals surface area contributed by atoms with Crippen LogP contribution in [0.5, 0.6) is 0 Å². The number of aromatic nitrogens is 2. The van der Waals surface area contributed by atoms with Crippen molar-refractivity contribution in [3.63, 3.8) is 0 Å². The highest BCUT2D eigenvalue weighted by molar-refractivity contribution is 14.1. The van der Waals surface area contributed by atoms with E-state index in [0.717, 1.165) is 13.6 Å². The van der Waals surface area contributed by atoms with Crippen molar-refractivity contribution in [2.45, 2.75) is 19.8 Å². The second kappa shape index (κ2) is 6.66. The average Bonchev–Trinajstić information content (AvgIpc) is 2.79. The van der Waals surface area contributed by atoms with Crippen molar-refractivity contribution in [3.8, 4) is 11.5 Å². The van der Waals surface area contributed by atoms with Gasteiger partial charge in [0.2, 0.25) is 11.8 Å². The van der Waals surface area contributed by atoms with E-state index >= 15 is 0 Å². The molecule has 1 aromatic heterocycles. The van der Waals surface area contributed by atoms with Crippen molar-refractivity contribution >= 4 is 44.5 Å². The summed E-state index contributed by atoms with van der Waals surface area (Å²) in [5, 5.41) is 16.8. The Labute approximate surface area is 138 Å². The minimum atomic E-state index is -0.821. The lowest BCUT2D eigenvalue weighted by Crippen LogP contribution is -2.07. The van der Waals surface area contributed by atoms with E-state index in [4.69, 9.17) is 9.52 Å². The fraction of sp³-hybridized carbons (Fsp3) is 0.308. The number of hydrogen-bond donors (Lipinski definition) is 1. The van der Waals surface area contributed by atoms with E-state index in [1.165, 1.54) is 0 Å². The molecule has 7 heteroatoms. The summed E-state index contributed by atoms with van der Waals surface area (Å²) >= 11 is 5.61. The molecule has 2 rings (SSSR count). The summed E-state index contributed by atoms with van der Waals surface area (Å²) in [4.78, 5) is 10.6. The maximum atomic E-state index is 10.6. The third-order valence-corrected chi connectivity index (χ3v) is 4.11. The zero-order valence-corrected chi connectivity index (χ0v) is 14.4. The van der Waals surface area contributed by atoms with Gasteiger partial charge in [0.05, 0.1) is 5.56 Å². The molecular weight excluding hydrogens is 439 g/mol. The normalized spacial score (nSPS) is 12.3. The molecule has 106 valence electrons. The van der Waals surface area contributed by atoms with E-state index in [1.807, 2.05) is 25.1 Å². The number of aliphatic carboxylic acids is 1. The summed E-state index contributed by atoms with van der Waals surface area (Å²) in [6, 6.07) is 5.81. The van der Waals surface area contributed by atoms with E-state index in [-0.39, 0.29) is 12.3 Å². The molecule has 0 fully saturated rings. The van der Waals surface area contributed by atoms with Crippen molar-refractivity contribution < 1.29 is 14.3 Å². The number of carboxylic acid groups (broad SMARTS) is 1. The van der Waals surface area contributed by atoms with Gasteiger partial charge in [-0.3, -0.25) is 4.79 Å². The Morgan fingerprint density at radius 1 is 1.50 bits per heavy atom. The standard InChI is InChI=1S/C13H12BrIN2O3/c1-7(5-12(18)19)4-11-16-17-13(20-11)9-6-8(14)2-3-10(9)15/h2-3,6-7H,4-5H2,1H3,(H,18,19). The summed E-state index contributed by atoms with van der Waals surface area (Å²) < 4.78 is 7.57. The largest absolute Gasteiger partial charge is 0.481 e. The molecule has 1 heterocycles. The summed E-state index contributed by atoms with van der Waals surface area (Å²) in [6.45, 7) is 1.85. The van der Waals surface area contributed by atoms with Gasteiger partial charge in [0.1, 0.15) is 0 Å². The minimum Gasteiger partial charge on any atom is -0.481 e. The first-order valence-corrected chi connectivity index (χ1v) is 7.82. The first kappa shape index (κ1) is 15.4. The Bertz CT molecular complexity index is 630. The van der Waals surface area contributed by atoms with Crippen LogP contribution in [0.4, 0.5) is 0 Å². The molecule has 5 nitrogen and oxygen atoms in total. The van der Waals surface area contributed by atoms with Crippen LogP contribution in [-0.2, 0) is 11.2 Å². The molecular formula is C13H12BrIN2O3. The Morgan fingerprint density at radius 3 is 2.95 bits per heavy atom. The first-order chi connectivity index (χ1) is 9.45. The quantitative estimate of drug-likeness (QED) is 0.702. The Kier molecular flexibility index (Phi) is 5.14. The number of hydrogen-bond acceptors (Lipinski definition) is 4. The fourth-order valence-electron chi connectivity index (χ4n) is 1.77. The summed E-state index contributed by atoms with van der Waals surface area (Å²) in [7, 11) is 0. The molecule has 0 saturated heterocycles. The van der Waals surface area contributed by atoms with Gasteiger partial charge in [-0.25, -0.2) is 0 Å². The molecule has 0 aliphatic carbocycles. The van der Waals surface area contributed by atoms with Crippen molar-refractivity contribution in [1.29, 1.82) is 0 Å². The van der Waals surface area contributed by atoms with E-state index in [2.05, 4.69) is 48.7 Å². The zero-order valence-electron chi connectivity index (χ0n) is 10.6.